The molecular weight excluding hydrogens is 250 g/mol. The number of hydrogen-bond donors (Lipinski definition) is 3. The van der Waals surface area contributed by atoms with Crippen LogP contribution in [0.5, 0.6) is 0 Å². The molecule has 0 unspecified atom stereocenters. The molecule has 7 nitrogen and oxygen atoms in total. The molecule has 1 aromatic rings. The van der Waals surface area contributed by atoms with Crippen LogP contribution in [-0.2, 0) is 4.74 Å². The van der Waals surface area contributed by atoms with Crippen LogP contribution in [0.25, 0.3) is 0 Å². The average Bonchev–Trinajstić information content (AvgIpc) is 2.37. The second-order valence-corrected chi connectivity index (χ2v) is 3.39. The summed E-state index contributed by atoms with van der Waals surface area (Å²) in [4.78, 5) is 33.2. The predicted molar refractivity (Wildman–Crippen MR) is 66.4 cm³/mol. The lowest BCUT2D eigenvalue weighted by atomic mass is 10.2. The Labute approximate surface area is 110 Å². The Balaban J connectivity index is 2.44. The SMILES string of the molecule is CCOC(=O)NNC(=O)Nc1c#cc(C(C)=O)cc1. The Morgan fingerprint density at radius 1 is 1.21 bits per heavy atom. The van der Waals surface area contributed by atoms with Crippen molar-refractivity contribution in [3.63, 3.8) is 0 Å². The summed E-state index contributed by atoms with van der Waals surface area (Å²) in [6.07, 6.45) is -0.764. The van der Waals surface area contributed by atoms with Crippen LogP contribution < -0.4 is 16.2 Å². The van der Waals surface area contributed by atoms with Crippen LogP contribution in [0.3, 0.4) is 0 Å². The molecule has 100 valence electrons. The van der Waals surface area contributed by atoms with E-state index in [2.05, 4.69) is 27.6 Å². The van der Waals surface area contributed by atoms with E-state index in [1.54, 1.807) is 6.92 Å². The number of anilines is 1. The van der Waals surface area contributed by atoms with Crippen molar-refractivity contribution in [2.24, 2.45) is 0 Å². The Morgan fingerprint density at radius 2 is 1.95 bits per heavy atom. The standard InChI is InChI=1S/C12H13N3O4/c1-3-19-12(18)15-14-11(17)13-10-6-4-9(5-7-10)8(2)16/h4,6H,3H2,1-2H3,(H,15,18)(H2,13,14,17). The summed E-state index contributed by atoms with van der Waals surface area (Å²) >= 11 is 0. The maximum Gasteiger partial charge on any atom is 0.426 e. The van der Waals surface area contributed by atoms with Gasteiger partial charge in [-0.05, 0) is 32.0 Å². The Kier molecular flexibility index (Phi) is 5.17. The van der Waals surface area contributed by atoms with Crippen LogP contribution in [0.4, 0.5) is 15.3 Å². The second kappa shape index (κ2) is 6.86. The maximum absolute atomic E-state index is 11.3. The molecule has 3 amide bonds. The molecule has 3 N–H and O–H groups in total. The Morgan fingerprint density at radius 3 is 2.47 bits per heavy atom. The summed E-state index contributed by atoms with van der Waals surface area (Å²) < 4.78 is 4.54. The summed E-state index contributed by atoms with van der Waals surface area (Å²) in [5, 5.41) is 2.39. The number of carbonyl (C=O) groups is 3. The summed E-state index contributed by atoms with van der Waals surface area (Å²) in [5.74, 6) is -0.142. The van der Waals surface area contributed by atoms with Crippen molar-refractivity contribution in [1.82, 2.24) is 10.9 Å². The van der Waals surface area contributed by atoms with Gasteiger partial charge in [0.25, 0.3) is 0 Å². The molecule has 1 aromatic carbocycles. The van der Waals surface area contributed by atoms with E-state index in [4.69, 9.17) is 0 Å². The van der Waals surface area contributed by atoms with E-state index in [1.165, 1.54) is 19.1 Å². The van der Waals surface area contributed by atoms with Gasteiger partial charge in [0.05, 0.1) is 17.9 Å². The molecule has 0 aliphatic rings. The highest BCUT2D eigenvalue weighted by Gasteiger charge is 2.05. The van der Waals surface area contributed by atoms with E-state index in [0.717, 1.165) is 0 Å². The molecule has 0 aliphatic heterocycles. The molecule has 0 saturated carbocycles. The maximum atomic E-state index is 11.3. The van der Waals surface area contributed by atoms with Crippen LogP contribution in [0, 0.1) is 12.1 Å². The normalized spacial score (nSPS) is 8.95. The fraction of sp³-hybridized carbons (Fsp3) is 0.250. The molecular formula is C12H13N3O4. The quantitative estimate of drug-likeness (QED) is 0.565. The van der Waals surface area contributed by atoms with Gasteiger partial charge < -0.3 is 4.74 Å². The molecule has 0 radical (unpaired) electrons. The second-order valence-electron chi connectivity index (χ2n) is 3.39. The number of rotatable bonds is 3. The number of carbonyl (C=O) groups excluding carboxylic acids is 3. The molecule has 0 bridgehead atoms. The minimum Gasteiger partial charge on any atom is -0.449 e. The first-order valence-electron chi connectivity index (χ1n) is 5.47. The van der Waals surface area contributed by atoms with Crippen LogP contribution >= 0.6 is 0 Å². The van der Waals surface area contributed by atoms with Crippen molar-refractivity contribution in [2.75, 3.05) is 11.9 Å². The lowest BCUT2D eigenvalue weighted by Gasteiger charge is -2.07. The Bertz CT molecular complexity index is 470. The molecule has 0 aliphatic carbocycles. The molecule has 19 heavy (non-hydrogen) atoms. The van der Waals surface area contributed by atoms with Crippen LogP contribution in [0.15, 0.2) is 12.1 Å². The van der Waals surface area contributed by atoms with Crippen LogP contribution in [0.2, 0.25) is 0 Å². The van der Waals surface area contributed by atoms with Crippen molar-refractivity contribution < 1.29 is 19.1 Å². The van der Waals surface area contributed by atoms with Gasteiger partial charge in [-0.3, -0.25) is 10.1 Å². The van der Waals surface area contributed by atoms with E-state index in [-0.39, 0.29) is 12.4 Å². The molecule has 0 spiro atoms. The zero-order valence-electron chi connectivity index (χ0n) is 10.5. The van der Waals surface area contributed by atoms with Crippen LogP contribution in [-0.4, -0.2) is 24.5 Å². The molecule has 7 heteroatoms. The molecule has 0 heterocycles. The molecule has 1 rings (SSSR count). The molecule has 0 fully saturated rings. The van der Waals surface area contributed by atoms with Crippen molar-refractivity contribution in [3.05, 3.63) is 29.8 Å². The topological polar surface area (TPSA) is 96.5 Å². The number of amides is 3. The molecule has 0 saturated heterocycles. The summed E-state index contributed by atoms with van der Waals surface area (Å²) in [7, 11) is 0. The van der Waals surface area contributed by atoms with E-state index >= 15 is 0 Å². The molecule has 0 aromatic heterocycles. The highest BCUT2D eigenvalue weighted by molar-refractivity contribution is 5.94. The van der Waals surface area contributed by atoms with Gasteiger partial charge in [0.2, 0.25) is 0 Å². The third kappa shape index (κ3) is 4.95. The number of hydrazine groups is 1. The van der Waals surface area contributed by atoms with Gasteiger partial charge >= 0.3 is 12.1 Å². The lowest BCUT2D eigenvalue weighted by molar-refractivity contribution is 0.101. The van der Waals surface area contributed by atoms with E-state index in [1.807, 2.05) is 5.43 Å². The van der Waals surface area contributed by atoms with Crippen LogP contribution in [0.1, 0.15) is 24.2 Å². The zero-order chi connectivity index (χ0) is 14.3. The third-order valence-electron chi connectivity index (χ3n) is 1.93. The minimum absolute atomic E-state index is 0.142. The summed E-state index contributed by atoms with van der Waals surface area (Å²) in [6, 6.07) is 7.53. The summed E-state index contributed by atoms with van der Waals surface area (Å²) in [5.41, 5.74) is 4.79. The lowest BCUT2D eigenvalue weighted by Crippen LogP contribution is -2.44. The van der Waals surface area contributed by atoms with E-state index < -0.39 is 12.1 Å². The predicted octanol–water partition coefficient (Wildman–Crippen LogP) is 1.27. The fourth-order valence-corrected chi connectivity index (χ4v) is 1.09. The molecule has 0 atom stereocenters. The number of hydrogen-bond acceptors (Lipinski definition) is 4. The van der Waals surface area contributed by atoms with Gasteiger partial charge in [-0.25, -0.2) is 20.4 Å². The van der Waals surface area contributed by atoms with E-state index in [9.17, 15) is 14.4 Å². The van der Waals surface area contributed by atoms with Crippen molar-refractivity contribution in [2.45, 2.75) is 13.8 Å². The highest BCUT2D eigenvalue weighted by Crippen LogP contribution is 2.04. The number of urea groups is 1. The minimum atomic E-state index is -0.764. The average molecular weight is 263 g/mol. The fourth-order valence-electron chi connectivity index (χ4n) is 1.09. The number of ether oxygens (including phenoxy) is 1. The summed E-state index contributed by atoms with van der Waals surface area (Å²) in [6.45, 7) is 3.24. The first-order chi connectivity index (χ1) is 9.02. The van der Waals surface area contributed by atoms with E-state index in [0.29, 0.717) is 11.3 Å². The van der Waals surface area contributed by atoms with Gasteiger partial charge in [0.15, 0.2) is 5.78 Å². The van der Waals surface area contributed by atoms with Gasteiger partial charge in [-0.15, -0.1) is 0 Å². The van der Waals surface area contributed by atoms with Gasteiger partial charge in [-0.1, -0.05) is 6.07 Å². The monoisotopic (exact) mass is 263 g/mol. The van der Waals surface area contributed by atoms with Crippen molar-refractivity contribution in [1.29, 1.82) is 0 Å². The number of ketones is 1. The van der Waals surface area contributed by atoms with Crippen molar-refractivity contribution in [3.8, 4) is 0 Å². The van der Waals surface area contributed by atoms with Gasteiger partial charge in [-0.2, -0.15) is 0 Å². The zero-order valence-corrected chi connectivity index (χ0v) is 10.5. The smallest absolute Gasteiger partial charge is 0.426 e. The van der Waals surface area contributed by atoms with Gasteiger partial charge in [0.1, 0.15) is 0 Å². The first-order valence-corrected chi connectivity index (χ1v) is 5.47. The Hall–Kier alpha value is -2.75. The number of Topliss-reactive ketones (excluding diaryl/α,β-unsaturated/α-hetero) is 1. The third-order valence-corrected chi connectivity index (χ3v) is 1.93. The highest BCUT2D eigenvalue weighted by atomic mass is 16.6. The first kappa shape index (κ1) is 14.3. The largest absolute Gasteiger partial charge is 0.449 e. The van der Waals surface area contributed by atoms with Crippen molar-refractivity contribution >= 4 is 23.6 Å². The number of nitrogens with one attached hydrogen (secondary N) is 3. The van der Waals surface area contributed by atoms with Gasteiger partial charge in [0, 0.05) is 0 Å².